The summed E-state index contributed by atoms with van der Waals surface area (Å²) in [6.07, 6.45) is 13.0. The lowest BCUT2D eigenvalue weighted by Gasteiger charge is -2.12. The third-order valence-corrected chi connectivity index (χ3v) is 11.2. The van der Waals surface area contributed by atoms with Crippen molar-refractivity contribution in [3.05, 3.63) is 147 Å². The van der Waals surface area contributed by atoms with Crippen molar-refractivity contribution in [3.8, 4) is 73.6 Å². The Morgan fingerprint density at radius 3 is 2.02 bits per heavy atom. The summed E-state index contributed by atoms with van der Waals surface area (Å²) < 4.78 is 2.03. The number of pyridine rings is 6. The molecule has 0 atom stereocenters. The third-order valence-electron chi connectivity index (χ3n) is 11.2. The molecule has 63 heavy (non-hydrogen) atoms. The van der Waals surface area contributed by atoms with E-state index < -0.39 is 0 Å². The number of hydrogen-bond donors (Lipinski definition) is 4. The summed E-state index contributed by atoms with van der Waals surface area (Å²) in [5, 5.41) is 17.6. The molecule has 0 spiro atoms. The number of nitrogens with one attached hydrogen (secondary N) is 4. The summed E-state index contributed by atoms with van der Waals surface area (Å²) in [5.41, 5.74) is 14.2. The van der Waals surface area contributed by atoms with Crippen LogP contribution in [0, 0.1) is 0 Å². The number of H-pyrrole nitrogens is 4. The quantitative estimate of drug-likeness (QED) is 0.108. The number of rotatable bonds is 8. The van der Waals surface area contributed by atoms with Gasteiger partial charge in [-0.3, -0.25) is 20.1 Å². The number of benzene rings is 2. The highest BCUT2D eigenvalue weighted by atomic mass is 15.2. The molecule has 0 fully saturated rings. The highest BCUT2D eigenvalue weighted by Gasteiger charge is 2.24. The van der Waals surface area contributed by atoms with E-state index >= 15 is 0 Å². The Balaban J connectivity index is 0.960. The molecule has 10 heterocycles. The number of hydrogen-bond acceptors (Lipinski definition) is 10. The van der Waals surface area contributed by atoms with Gasteiger partial charge in [0, 0.05) is 84.5 Å². The van der Waals surface area contributed by atoms with Crippen LogP contribution in [0.4, 0.5) is 5.69 Å². The Hall–Kier alpha value is -8.98. The van der Waals surface area contributed by atoms with Gasteiger partial charge in [-0.05, 0) is 60.7 Å². The summed E-state index contributed by atoms with van der Waals surface area (Å²) in [4.78, 5) is 42.7. The second-order valence-electron chi connectivity index (χ2n) is 15.4. The third kappa shape index (κ3) is 6.13. The van der Waals surface area contributed by atoms with Crippen LogP contribution in [-0.4, -0.2) is 79.3 Å². The molecule has 0 saturated carbocycles. The molecule has 15 nitrogen and oxygen atoms in total. The molecule has 0 unspecified atom stereocenters. The van der Waals surface area contributed by atoms with Crippen molar-refractivity contribution >= 4 is 49.8 Å². The zero-order valence-electron chi connectivity index (χ0n) is 33.8. The number of para-hydroxylation sites is 2. The molecule has 0 amide bonds. The van der Waals surface area contributed by atoms with Crippen LogP contribution in [-0.2, 0) is 0 Å². The molecular weight excluding hydrogens is 787 g/mol. The minimum atomic E-state index is 0.613. The molecule has 0 aliphatic carbocycles. The van der Waals surface area contributed by atoms with E-state index in [2.05, 4.69) is 64.6 Å². The Labute approximate surface area is 357 Å². The maximum atomic E-state index is 5.27. The average Bonchev–Trinajstić information content (AvgIpc) is 4.16. The second kappa shape index (κ2) is 14.3. The van der Waals surface area contributed by atoms with Crippen molar-refractivity contribution < 1.29 is 4.57 Å². The predicted molar refractivity (Wildman–Crippen MR) is 242 cm³/mol. The molecule has 0 bridgehead atoms. The molecule has 0 radical (unpaired) electrons. The van der Waals surface area contributed by atoms with Crippen molar-refractivity contribution in [2.75, 3.05) is 19.0 Å². The Morgan fingerprint density at radius 2 is 1.25 bits per heavy atom. The number of imidazole rings is 2. The van der Waals surface area contributed by atoms with Gasteiger partial charge in [-0.1, -0.05) is 36.4 Å². The summed E-state index contributed by atoms with van der Waals surface area (Å²) in [5.74, 6) is 1.92. The van der Waals surface area contributed by atoms with Crippen molar-refractivity contribution in [2.24, 2.45) is 0 Å². The van der Waals surface area contributed by atoms with Gasteiger partial charge in [0.25, 0.3) is 11.5 Å². The van der Waals surface area contributed by atoms with Crippen LogP contribution in [0.15, 0.2) is 147 Å². The first kappa shape index (κ1) is 35.9. The van der Waals surface area contributed by atoms with Crippen molar-refractivity contribution in [3.63, 3.8) is 0 Å². The van der Waals surface area contributed by atoms with Gasteiger partial charge in [-0.2, -0.15) is 10.2 Å². The van der Waals surface area contributed by atoms with Crippen molar-refractivity contribution in [1.82, 2.24) is 65.3 Å². The van der Waals surface area contributed by atoms with Gasteiger partial charge in [0.2, 0.25) is 0 Å². The number of aromatic amines is 4. The van der Waals surface area contributed by atoms with Crippen LogP contribution in [0.25, 0.3) is 118 Å². The van der Waals surface area contributed by atoms with Gasteiger partial charge in [-0.15, -0.1) is 10.1 Å². The van der Waals surface area contributed by atoms with Crippen LogP contribution >= 0.6 is 0 Å². The normalized spacial score (nSPS) is 11.7. The summed E-state index contributed by atoms with van der Waals surface area (Å²) in [6.45, 7) is 0. The van der Waals surface area contributed by atoms with Crippen molar-refractivity contribution in [2.45, 2.75) is 0 Å². The number of fused-ring (bicyclic) bond motifs is 4. The van der Waals surface area contributed by atoms with E-state index in [1.165, 1.54) is 0 Å². The maximum Gasteiger partial charge on any atom is 0.267 e. The second-order valence-corrected chi connectivity index (χ2v) is 15.4. The fourth-order valence-corrected chi connectivity index (χ4v) is 8.11. The van der Waals surface area contributed by atoms with Crippen molar-refractivity contribution in [1.29, 1.82) is 0 Å². The number of aromatic nitrogens is 14. The molecule has 4 N–H and O–H groups in total. The maximum absolute atomic E-state index is 5.27. The predicted octanol–water partition coefficient (Wildman–Crippen LogP) is 8.51. The largest absolute Gasteiger partial charge is 0.376 e. The lowest BCUT2D eigenvalue weighted by Crippen LogP contribution is -2.33. The zero-order chi connectivity index (χ0) is 42.0. The summed E-state index contributed by atoms with van der Waals surface area (Å²) in [7, 11) is 3.99. The van der Waals surface area contributed by atoms with E-state index in [1.807, 2.05) is 133 Å². The summed E-state index contributed by atoms with van der Waals surface area (Å²) >= 11 is 0. The summed E-state index contributed by atoms with van der Waals surface area (Å²) in [6, 6.07) is 34.2. The lowest BCUT2D eigenvalue weighted by atomic mass is 10.1. The molecule has 0 aliphatic rings. The van der Waals surface area contributed by atoms with Gasteiger partial charge < -0.3 is 14.9 Å². The Bertz CT molecular complexity index is 3680. The average molecular weight is 821 g/mol. The standard InChI is InChI=1S/C48H33N15/c1-62(2)31-19-28(23-50-25-31)29-20-34-43(58-60-45(34)52-24-29)46-54-39-15-6-11-33(42(39)57-46)37-13-7-16-40(53-37)63-26-30(27-9-8-17-49-22-27)21-35-44(59-61-48(35)63)47-55-38-14-5-10-32(41(38)56-47)36-12-3-4-18-51-36/h3-26H,1-2H3,(H3,51,52,53,54,55,56,57,58,59,60)/p+1. The Morgan fingerprint density at radius 1 is 0.540 bits per heavy atom. The molecular formula is C48H34N15+. The highest BCUT2D eigenvalue weighted by molar-refractivity contribution is 5.98. The van der Waals surface area contributed by atoms with E-state index in [0.717, 1.165) is 88.9 Å². The lowest BCUT2D eigenvalue weighted by molar-refractivity contribution is -0.572. The van der Waals surface area contributed by atoms with Crippen LogP contribution < -0.4 is 9.47 Å². The van der Waals surface area contributed by atoms with Crippen LogP contribution in [0.2, 0.25) is 0 Å². The fourth-order valence-electron chi connectivity index (χ4n) is 8.11. The topological polar surface area (TPSA) is 186 Å². The van der Waals surface area contributed by atoms with Crippen LogP contribution in [0.1, 0.15) is 0 Å². The first-order valence-corrected chi connectivity index (χ1v) is 20.2. The molecule has 0 aliphatic heterocycles. The molecule has 2 aromatic carbocycles. The number of nitrogens with zero attached hydrogens (tertiary/aromatic N) is 11. The van der Waals surface area contributed by atoms with E-state index in [4.69, 9.17) is 25.0 Å². The molecule has 0 saturated heterocycles. The van der Waals surface area contributed by atoms with E-state index in [-0.39, 0.29) is 0 Å². The first-order valence-electron chi connectivity index (χ1n) is 20.2. The van der Waals surface area contributed by atoms with E-state index in [1.54, 1.807) is 12.4 Å². The van der Waals surface area contributed by atoms with Gasteiger partial charge in [0.1, 0.15) is 11.4 Å². The minimum absolute atomic E-state index is 0.613. The van der Waals surface area contributed by atoms with E-state index in [0.29, 0.717) is 34.5 Å². The fraction of sp³-hybridized carbons (Fsp3) is 0.0417. The smallest absolute Gasteiger partial charge is 0.267 e. The number of anilines is 1. The minimum Gasteiger partial charge on any atom is -0.376 e. The van der Waals surface area contributed by atoms with Crippen LogP contribution in [0.3, 0.4) is 0 Å². The molecule has 12 rings (SSSR count). The highest BCUT2D eigenvalue weighted by Crippen LogP contribution is 2.35. The molecule has 10 aromatic heterocycles. The van der Waals surface area contributed by atoms with Gasteiger partial charge in [-0.25, -0.2) is 19.5 Å². The monoisotopic (exact) mass is 820 g/mol. The SMILES string of the molecule is CN(C)c1cncc(-c2cnc3[nH]nc(-c4nc5c(-c6cccc(-[n+]7cc(-c8cccnc8)cc8c(-c9nc%10c(-c%11ccccn%11)cccc%10[nH]9)n[nH]c87)n6)cccc5[nH]4)c3c2)c1. The Kier molecular flexibility index (Phi) is 8.18. The van der Waals surface area contributed by atoms with E-state index in [9.17, 15) is 0 Å². The zero-order valence-corrected chi connectivity index (χ0v) is 33.8. The molecule has 300 valence electrons. The first-order chi connectivity index (χ1) is 31.0. The van der Waals surface area contributed by atoms with Gasteiger partial charge >= 0.3 is 0 Å². The van der Waals surface area contributed by atoms with Gasteiger partial charge in [0.15, 0.2) is 23.0 Å². The van der Waals surface area contributed by atoms with Gasteiger partial charge in [0.05, 0.1) is 56.6 Å². The van der Waals surface area contributed by atoms with Crippen LogP contribution in [0.5, 0.6) is 0 Å². The molecule has 12 aromatic rings. The molecule has 15 heteroatoms.